The summed E-state index contributed by atoms with van der Waals surface area (Å²) in [5, 5.41) is 0.616. The van der Waals surface area contributed by atoms with Crippen LogP contribution in [0.5, 0.6) is 11.5 Å². The zero-order valence-corrected chi connectivity index (χ0v) is 11.8. The van der Waals surface area contributed by atoms with Crippen molar-refractivity contribution in [2.24, 2.45) is 0 Å². The van der Waals surface area contributed by atoms with Crippen LogP contribution in [0, 0.1) is 0 Å². The number of fused-ring (bicyclic) bond motifs is 2. The van der Waals surface area contributed by atoms with Crippen molar-refractivity contribution in [2.75, 3.05) is 18.9 Å². The summed E-state index contributed by atoms with van der Waals surface area (Å²) in [5.41, 5.74) is 9.06. The molecule has 0 amide bonds. The highest BCUT2D eigenvalue weighted by Gasteiger charge is 2.16. The number of nitrogens with zero attached hydrogens (tertiary/aromatic N) is 1. The number of hydrogen-bond donors (Lipinski definition) is 2. The van der Waals surface area contributed by atoms with E-state index in [-0.39, 0.29) is 0 Å². The topological polar surface area (TPSA) is 73.2 Å². The van der Waals surface area contributed by atoms with Gasteiger partial charge in [-0.05, 0) is 18.2 Å². The van der Waals surface area contributed by atoms with Gasteiger partial charge in [0.1, 0.15) is 19.0 Å². The SMILES string of the molecule is Nc1ccc(Cl)cc1-c1nc2cc3c(cc2[nH]1)OCCO3. The summed E-state index contributed by atoms with van der Waals surface area (Å²) in [5.74, 6) is 2.11. The molecule has 4 rings (SSSR count). The van der Waals surface area contributed by atoms with Crippen molar-refractivity contribution in [1.29, 1.82) is 0 Å². The van der Waals surface area contributed by atoms with E-state index in [2.05, 4.69) is 9.97 Å². The summed E-state index contributed by atoms with van der Waals surface area (Å²) in [7, 11) is 0. The van der Waals surface area contributed by atoms with Crippen LogP contribution in [-0.4, -0.2) is 23.2 Å². The smallest absolute Gasteiger partial charge is 0.163 e. The third-order valence-electron chi connectivity index (χ3n) is 3.42. The van der Waals surface area contributed by atoms with E-state index >= 15 is 0 Å². The number of aromatic nitrogens is 2. The standard InChI is InChI=1S/C15H12ClN3O2/c16-8-1-2-10(17)9(5-8)15-18-11-6-13-14(7-12(11)19-15)21-4-3-20-13/h1-2,5-7H,3-4,17H2,(H,18,19). The highest BCUT2D eigenvalue weighted by molar-refractivity contribution is 6.31. The molecule has 2 aromatic carbocycles. The van der Waals surface area contributed by atoms with Crippen molar-refractivity contribution < 1.29 is 9.47 Å². The van der Waals surface area contributed by atoms with Gasteiger partial charge in [0.2, 0.25) is 0 Å². The number of nitrogen functional groups attached to an aromatic ring is 1. The third kappa shape index (κ3) is 2.06. The minimum Gasteiger partial charge on any atom is -0.486 e. The maximum absolute atomic E-state index is 6.03. The van der Waals surface area contributed by atoms with Crippen LogP contribution in [0.2, 0.25) is 5.02 Å². The van der Waals surface area contributed by atoms with Gasteiger partial charge in [-0.2, -0.15) is 0 Å². The quantitative estimate of drug-likeness (QED) is 0.677. The number of aromatic amines is 1. The zero-order valence-electron chi connectivity index (χ0n) is 11.0. The van der Waals surface area contributed by atoms with Gasteiger partial charge in [0.05, 0.1) is 11.0 Å². The van der Waals surface area contributed by atoms with Crippen molar-refractivity contribution in [2.45, 2.75) is 0 Å². The van der Waals surface area contributed by atoms with Crippen LogP contribution >= 0.6 is 11.6 Å². The predicted octanol–water partition coefficient (Wildman–Crippen LogP) is 3.24. The van der Waals surface area contributed by atoms with Crippen LogP contribution in [-0.2, 0) is 0 Å². The number of imidazole rings is 1. The summed E-state index contributed by atoms with van der Waals surface area (Å²) < 4.78 is 11.1. The van der Waals surface area contributed by atoms with Gasteiger partial charge in [-0.3, -0.25) is 0 Å². The average molecular weight is 302 g/mol. The second-order valence-corrected chi connectivity index (χ2v) is 5.27. The molecular formula is C15H12ClN3O2. The first-order valence-electron chi connectivity index (χ1n) is 6.55. The van der Waals surface area contributed by atoms with E-state index in [1.165, 1.54) is 0 Å². The summed E-state index contributed by atoms with van der Waals surface area (Å²) in [6, 6.07) is 9.07. The van der Waals surface area contributed by atoms with Crippen molar-refractivity contribution in [3.8, 4) is 22.9 Å². The molecule has 0 bridgehead atoms. The Bertz CT molecular complexity index is 801. The van der Waals surface area contributed by atoms with Crippen LogP contribution in [0.1, 0.15) is 0 Å². The molecule has 3 N–H and O–H groups in total. The Morgan fingerprint density at radius 1 is 1.10 bits per heavy atom. The predicted molar refractivity (Wildman–Crippen MR) is 81.9 cm³/mol. The van der Waals surface area contributed by atoms with E-state index < -0.39 is 0 Å². The number of H-pyrrole nitrogens is 1. The fourth-order valence-electron chi connectivity index (χ4n) is 2.41. The van der Waals surface area contributed by atoms with E-state index in [0.29, 0.717) is 35.5 Å². The maximum Gasteiger partial charge on any atom is 0.163 e. The normalized spacial score (nSPS) is 13.6. The molecule has 1 aliphatic heterocycles. The molecule has 0 saturated carbocycles. The molecule has 6 heteroatoms. The number of anilines is 1. The Labute approximate surface area is 125 Å². The van der Waals surface area contributed by atoms with Crippen LogP contribution < -0.4 is 15.2 Å². The summed E-state index contributed by atoms with van der Waals surface area (Å²) in [6.45, 7) is 1.11. The summed E-state index contributed by atoms with van der Waals surface area (Å²) in [6.07, 6.45) is 0. The Morgan fingerprint density at radius 3 is 2.67 bits per heavy atom. The van der Waals surface area contributed by atoms with Crippen molar-refractivity contribution >= 4 is 28.3 Å². The number of nitrogens with one attached hydrogen (secondary N) is 1. The van der Waals surface area contributed by atoms with Crippen LogP contribution in [0.25, 0.3) is 22.4 Å². The molecule has 0 aliphatic carbocycles. The monoisotopic (exact) mass is 301 g/mol. The molecule has 106 valence electrons. The van der Waals surface area contributed by atoms with Gasteiger partial charge >= 0.3 is 0 Å². The lowest BCUT2D eigenvalue weighted by molar-refractivity contribution is 0.172. The van der Waals surface area contributed by atoms with Gasteiger partial charge < -0.3 is 20.2 Å². The first-order chi connectivity index (χ1) is 10.2. The first kappa shape index (κ1) is 12.3. The average Bonchev–Trinajstić information content (AvgIpc) is 2.89. The van der Waals surface area contributed by atoms with E-state index in [1.54, 1.807) is 18.2 Å². The lowest BCUT2D eigenvalue weighted by Gasteiger charge is -2.17. The lowest BCUT2D eigenvalue weighted by atomic mass is 10.2. The van der Waals surface area contributed by atoms with Gasteiger partial charge in [-0.25, -0.2) is 4.98 Å². The molecule has 5 nitrogen and oxygen atoms in total. The number of ether oxygens (including phenoxy) is 2. The Balaban J connectivity index is 1.88. The number of benzene rings is 2. The van der Waals surface area contributed by atoms with E-state index in [9.17, 15) is 0 Å². The Hall–Kier alpha value is -2.40. The van der Waals surface area contributed by atoms with E-state index in [1.807, 2.05) is 12.1 Å². The van der Waals surface area contributed by atoms with E-state index in [4.69, 9.17) is 26.8 Å². The largest absolute Gasteiger partial charge is 0.486 e. The van der Waals surface area contributed by atoms with Gasteiger partial charge in [0.25, 0.3) is 0 Å². The Kier molecular flexibility index (Phi) is 2.68. The van der Waals surface area contributed by atoms with Crippen molar-refractivity contribution in [3.05, 3.63) is 35.4 Å². The van der Waals surface area contributed by atoms with Crippen LogP contribution in [0.15, 0.2) is 30.3 Å². The molecule has 0 radical (unpaired) electrons. The highest BCUT2D eigenvalue weighted by Crippen LogP contribution is 2.35. The number of halogens is 1. The molecule has 3 aromatic rings. The molecule has 1 aliphatic rings. The minimum absolute atomic E-state index is 0.553. The molecule has 0 unspecified atom stereocenters. The lowest BCUT2D eigenvalue weighted by Crippen LogP contribution is -2.15. The second-order valence-electron chi connectivity index (χ2n) is 4.83. The van der Waals surface area contributed by atoms with Gasteiger partial charge in [0, 0.05) is 28.4 Å². The molecule has 1 aromatic heterocycles. The fourth-order valence-corrected chi connectivity index (χ4v) is 2.58. The van der Waals surface area contributed by atoms with Gasteiger partial charge in [-0.1, -0.05) is 11.6 Å². The molecule has 0 fully saturated rings. The van der Waals surface area contributed by atoms with Crippen LogP contribution in [0.4, 0.5) is 5.69 Å². The highest BCUT2D eigenvalue weighted by atomic mass is 35.5. The molecule has 21 heavy (non-hydrogen) atoms. The first-order valence-corrected chi connectivity index (χ1v) is 6.93. The maximum atomic E-state index is 6.03. The fraction of sp³-hybridized carbons (Fsp3) is 0.133. The number of hydrogen-bond acceptors (Lipinski definition) is 4. The second kappa shape index (κ2) is 4.56. The minimum atomic E-state index is 0.553. The van der Waals surface area contributed by atoms with Gasteiger partial charge in [0.15, 0.2) is 11.5 Å². The van der Waals surface area contributed by atoms with Crippen molar-refractivity contribution in [1.82, 2.24) is 9.97 Å². The number of rotatable bonds is 1. The zero-order chi connectivity index (χ0) is 14.4. The van der Waals surface area contributed by atoms with E-state index in [0.717, 1.165) is 22.3 Å². The molecule has 0 atom stereocenters. The molecule has 0 saturated heterocycles. The number of nitrogens with two attached hydrogens (primary N) is 1. The summed E-state index contributed by atoms with van der Waals surface area (Å²) in [4.78, 5) is 7.81. The van der Waals surface area contributed by atoms with Crippen LogP contribution in [0.3, 0.4) is 0 Å². The van der Waals surface area contributed by atoms with Gasteiger partial charge in [-0.15, -0.1) is 0 Å². The third-order valence-corrected chi connectivity index (χ3v) is 3.65. The summed E-state index contributed by atoms with van der Waals surface area (Å²) >= 11 is 6.03. The molecule has 0 spiro atoms. The molecular weight excluding hydrogens is 290 g/mol. The Morgan fingerprint density at radius 2 is 1.86 bits per heavy atom. The van der Waals surface area contributed by atoms with Crippen molar-refractivity contribution in [3.63, 3.8) is 0 Å². The molecule has 2 heterocycles.